The number of carbonyl (C=O) groups excluding carboxylic acids is 1. The number of nitrogens with one attached hydrogen (secondary N) is 2. The summed E-state index contributed by atoms with van der Waals surface area (Å²) in [5.74, 6) is 2.06. The molecule has 0 saturated carbocycles. The maximum Gasteiger partial charge on any atom is 0.315 e. The minimum absolute atomic E-state index is 0.0351. The highest BCUT2D eigenvalue weighted by Gasteiger charge is 2.18. The van der Waals surface area contributed by atoms with Gasteiger partial charge in [0, 0.05) is 18.7 Å². The van der Waals surface area contributed by atoms with Gasteiger partial charge in [-0.25, -0.2) is 4.79 Å². The molecule has 1 atom stereocenters. The molecule has 0 spiro atoms. The highest BCUT2D eigenvalue weighted by Crippen LogP contribution is 2.30. The first-order valence-electron chi connectivity index (χ1n) is 7.98. The van der Waals surface area contributed by atoms with E-state index in [1.807, 2.05) is 49.3 Å². The third kappa shape index (κ3) is 4.90. The number of nitrogens with zero attached hydrogens (tertiary/aromatic N) is 1. The Morgan fingerprint density at radius 1 is 1.16 bits per heavy atom. The summed E-state index contributed by atoms with van der Waals surface area (Å²) in [6.45, 7) is 0.765. The Bertz CT molecular complexity index is 671. The van der Waals surface area contributed by atoms with Crippen molar-refractivity contribution in [2.24, 2.45) is 0 Å². The third-order valence-electron chi connectivity index (χ3n) is 3.87. The van der Waals surface area contributed by atoms with E-state index >= 15 is 0 Å². The van der Waals surface area contributed by atoms with E-state index < -0.39 is 0 Å². The number of para-hydroxylation sites is 1. The van der Waals surface area contributed by atoms with Crippen LogP contribution in [-0.4, -0.2) is 45.8 Å². The van der Waals surface area contributed by atoms with Crippen molar-refractivity contribution in [3.63, 3.8) is 0 Å². The van der Waals surface area contributed by atoms with Gasteiger partial charge in [-0.2, -0.15) is 0 Å². The zero-order chi connectivity index (χ0) is 18.2. The summed E-state index contributed by atoms with van der Waals surface area (Å²) in [6, 6.07) is 8.98. The first kappa shape index (κ1) is 18.7. The Balaban J connectivity index is 1.91. The van der Waals surface area contributed by atoms with Gasteiger partial charge in [0.2, 0.25) is 0 Å². The highest BCUT2D eigenvalue weighted by molar-refractivity contribution is 5.74. The van der Waals surface area contributed by atoms with Crippen LogP contribution in [0.2, 0.25) is 0 Å². The SMILES string of the molecule is COc1cccc(CNC(=O)NCC(c2ccco2)N(C)C)c1OC. The molecule has 1 aromatic carbocycles. The molecule has 2 rings (SSSR count). The van der Waals surface area contributed by atoms with Crippen LogP contribution in [0.25, 0.3) is 0 Å². The standard InChI is InChI=1S/C18H25N3O4/c1-21(2)14(15-9-6-10-25-15)12-20-18(22)19-11-13-7-5-8-16(23-3)17(13)24-4/h5-10,14H,11-12H2,1-4H3,(H2,19,20,22). The minimum atomic E-state index is -0.261. The zero-order valence-corrected chi connectivity index (χ0v) is 15.0. The lowest BCUT2D eigenvalue weighted by Crippen LogP contribution is -2.40. The average Bonchev–Trinajstić information content (AvgIpc) is 3.13. The van der Waals surface area contributed by atoms with E-state index in [4.69, 9.17) is 13.9 Å². The van der Waals surface area contributed by atoms with E-state index in [2.05, 4.69) is 10.6 Å². The van der Waals surface area contributed by atoms with Gasteiger partial charge in [-0.1, -0.05) is 12.1 Å². The van der Waals surface area contributed by atoms with Crippen molar-refractivity contribution < 1.29 is 18.7 Å². The lowest BCUT2D eigenvalue weighted by atomic mass is 10.2. The average molecular weight is 347 g/mol. The summed E-state index contributed by atoms with van der Waals surface area (Å²) in [6.07, 6.45) is 1.63. The van der Waals surface area contributed by atoms with Crippen LogP contribution in [0.4, 0.5) is 4.79 Å². The van der Waals surface area contributed by atoms with Crippen LogP contribution in [0.5, 0.6) is 11.5 Å². The highest BCUT2D eigenvalue weighted by atomic mass is 16.5. The number of urea groups is 1. The second-order valence-corrected chi connectivity index (χ2v) is 5.71. The molecule has 2 aromatic rings. The maximum atomic E-state index is 12.1. The van der Waals surface area contributed by atoms with Gasteiger partial charge in [-0.3, -0.25) is 4.90 Å². The van der Waals surface area contributed by atoms with Crippen LogP contribution in [0.3, 0.4) is 0 Å². The molecule has 25 heavy (non-hydrogen) atoms. The summed E-state index contributed by atoms with van der Waals surface area (Å²) < 4.78 is 16.1. The van der Waals surface area contributed by atoms with E-state index in [1.54, 1.807) is 20.5 Å². The molecule has 1 heterocycles. The van der Waals surface area contributed by atoms with Gasteiger partial charge in [0.1, 0.15) is 5.76 Å². The molecule has 2 N–H and O–H groups in total. The number of hydrogen-bond donors (Lipinski definition) is 2. The van der Waals surface area contributed by atoms with E-state index in [0.29, 0.717) is 24.6 Å². The third-order valence-corrected chi connectivity index (χ3v) is 3.87. The fourth-order valence-corrected chi connectivity index (χ4v) is 2.54. The van der Waals surface area contributed by atoms with Crippen molar-refractivity contribution in [1.82, 2.24) is 15.5 Å². The second-order valence-electron chi connectivity index (χ2n) is 5.71. The summed E-state index contributed by atoms with van der Waals surface area (Å²) in [5.41, 5.74) is 0.840. The first-order chi connectivity index (χ1) is 12.1. The van der Waals surface area contributed by atoms with Crippen molar-refractivity contribution in [2.75, 3.05) is 34.9 Å². The molecule has 2 amide bonds. The number of benzene rings is 1. The fraction of sp³-hybridized carbons (Fsp3) is 0.389. The van der Waals surface area contributed by atoms with Gasteiger partial charge in [-0.05, 0) is 32.3 Å². The Labute approximate surface area is 147 Å². The first-order valence-corrected chi connectivity index (χ1v) is 7.98. The summed E-state index contributed by atoms with van der Waals surface area (Å²) in [4.78, 5) is 14.1. The van der Waals surface area contributed by atoms with Crippen molar-refractivity contribution in [3.05, 3.63) is 47.9 Å². The zero-order valence-electron chi connectivity index (χ0n) is 15.0. The number of likely N-dealkylation sites (N-methyl/N-ethyl adjacent to an activating group) is 1. The molecule has 0 bridgehead atoms. The molecule has 136 valence electrons. The Morgan fingerprint density at radius 3 is 2.56 bits per heavy atom. The molecular formula is C18H25N3O4. The molecule has 0 saturated heterocycles. The number of ether oxygens (including phenoxy) is 2. The number of carbonyl (C=O) groups is 1. The summed E-state index contributed by atoms with van der Waals surface area (Å²) in [5, 5.41) is 5.69. The predicted octanol–water partition coefficient (Wildman–Crippen LogP) is 2.40. The Morgan fingerprint density at radius 2 is 1.96 bits per heavy atom. The minimum Gasteiger partial charge on any atom is -0.493 e. The number of hydrogen-bond acceptors (Lipinski definition) is 5. The van der Waals surface area contributed by atoms with Gasteiger partial charge in [-0.15, -0.1) is 0 Å². The lowest BCUT2D eigenvalue weighted by Gasteiger charge is -2.22. The van der Waals surface area contributed by atoms with Gasteiger partial charge in [0.05, 0.1) is 26.5 Å². The molecule has 0 aliphatic carbocycles. The van der Waals surface area contributed by atoms with Crippen LogP contribution >= 0.6 is 0 Å². The van der Waals surface area contributed by atoms with Crippen molar-refractivity contribution >= 4 is 6.03 Å². The van der Waals surface area contributed by atoms with Crippen molar-refractivity contribution in [1.29, 1.82) is 0 Å². The smallest absolute Gasteiger partial charge is 0.315 e. The van der Waals surface area contributed by atoms with Crippen LogP contribution in [0.15, 0.2) is 41.0 Å². The summed E-state index contributed by atoms with van der Waals surface area (Å²) >= 11 is 0. The number of amides is 2. The van der Waals surface area contributed by atoms with Gasteiger partial charge in [0.15, 0.2) is 11.5 Å². The van der Waals surface area contributed by atoms with Crippen molar-refractivity contribution in [3.8, 4) is 11.5 Å². The molecule has 0 aliphatic rings. The quantitative estimate of drug-likeness (QED) is 0.767. The van der Waals surface area contributed by atoms with Gasteiger partial charge in [0.25, 0.3) is 0 Å². The van der Waals surface area contributed by atoms with E-state index in [1.165, 1.54) is 0 Å². The van der Waals surface area contributed by atoms with Crippen molar-refractivity contribution in [2.45, 2.75) is 12.6 Å². The normalized spacial score (nSPS) is 11.9. The lowest BCUT2D eigenvalue weighted by molar-refractivity contribution is 0.225. The molecule has 1 unspecified atom stereocenters. The van der Waals surface area contributed by atoms with Crippen LogP contribution in [0.1, 0.15) is 17.4 Å². The van der Waals surface area contributed by atoms with E-state index in [9.17, 15) is 4.79 Å². The summed E-state index contributed by atoms with van der Waals surface area (Å²) in [7, 11) is 7.03. The van der Waals surface area contributed by atoms with Gasteiger partial charge >= 0.3 is 6.03 Å². The molecule has 1 aromatic heterocycles. The molecular weight excluding hydrogens is 322 g/mol. The monoisotopic (exact) mass is 347 g/mol. The van der Waals surface area contributed by atoms with E-state index in [0.717, 1.165) is 11.3 Å². The predicted molar refractivity (Wildman–Crippen MR) is 94.9 cm³/mol. The molecule has 0 fully saturated rings. The Kier molecular flexibility index (Phi) is 6.71. The topological polar surface area (TPSA) is 76.0 Å². The molecule has 7 nitrogen and oxygen atoms in total. The molecule has 7 heteroatoms. The fourth-order valence-electron chi connectivity index (χ4n) is 2.54. The molecule has 0 aliphatic heterocycles. The van der Waals surface area contributed by atoms with Gasteiger partial charge < -0.3 is 24.5 Å². The Hall–Kier alpha value is -2.67. The number of rotatable bonds is 8. The largest absolute Gasteiger partial charge is 0.493 e. The maximum absolute atomic E-state index is 12.1. The van der Waals surface area contributed by atoms with Crippen LogP contribution < -0.4 is 20.1 Å². The number of furan rings is 1. The van der Waals surface area contributed by atoms with Crippen LogP contribution in [0, 0.1) is 0 Å². The number of methoxy groups -OCH3 is 2. The van der Waals surface area contributed by atoms with Crippen LogP contribution in [-0.2, 0) is 6.54 Å². The second kappa shape index (κ2) is 8.98. The van der Waals surface area contributed by atoms with E-state index in [-0.39, 0.29) is 12.1 Å². The molecule has 0 radical (unpaired) electrons.